The van der Waals surface area contributed by atoms with Crippen LogP contribution in [0.4, 0.5) is 0 Å². The van der Waals surface area contributed by atoms with E-state index in [4.69, 9.17) is 4.84 Å². The van der Waals surface area contributed by atoms with E-state index in [1.165, 1.54) is 0 Å². The smallest absolute Gasteiger partial charge is 0.313 e. The van der Waals surface area contributed by atoms with E-state index in [2.05, 4.69) is 25.6 Å². The van der Waals surface area contributed by atoms with E-state index in [1.54, 1.807) is 24.3 Å². The topological polar surface area (TPSA) is 38.7 Å². The Morgan fingerprint density at radius 3 is 2.63 bits per heavy atom. The molecule has 0 N–H and O–H groups in total. The standard InChI is InChI=1S/C16H19NO2/c1-12-8-7-11-16(2,3)14(12)17-19-15(18)13-9-5-4-6-10-13/h4-6,9-10H,1,7-8,11H2,2-3H3. The van der Waals surface area contributed by atoms with E-state index in [9.17, 15) is 4.79 Å². The number of carbonyl (C=O) groups excluding carboxylic acids is 1. The maximum Gasteiger partial charge on any atom is 0.365 e. The Hall–Kier alpha value is -1.90. The normalized spacial score (nSPS) is 20.3. The van der Waals surface area contributed by atoms with Gasteiger partial charge in [-0.05, 0) is 37.0 Å². The summed E-state index contributed by atoms with van der Waals surface area (Å²) in [5.74, 6) is -0.428. The zero-order chi connectivity index (χ0) is 13.9. The van der Waals surface area contributed by atoms with Gasteiger partial charge in [0.2, 0.25) is 0 Å². The molecule has 1 aromatic rings. The first kappa shape index (κ1) is 13.5. The van der Waals surface area contributed by atoms with Crippen LogP contribution in [0.5, 0.6) is 0 Å². The second-order valence-corrected chi connectivity index (χ2v) is 5.53. The van der Waals surface area contributed by atoms with Crippen LogP contribution in [0.15, 0.2) is 47.6 Å². The van der Waals surface area contributed by atoms with Gasteiger partial charge in [0.1, 0.15) is 0 Å². The summed E-state index contributed by atoms with van der Waals surface area (Å²) in [6.45, 7) is 8.23. The monoisotopic (exact) mass is 257 g/mol. The van der Waals surface area contributed by atoms with Crippen LogP contribution >= 0.6 is 0 Å². The lowest BCUT2D eigenvalue weighted by Crippen LogP contribution is -2.30. The number of carbonyl (C=O) groups is 1. The molecule has 1 aromatic carbocycles. The number of allylic oxidation sites excluding steroid dienone is 1. The fourth-order valence-electron chi connectivity index (χ4n) is 2.36. The summed E-state index contributed by atoms with van der Waals surface area (Å²) in [5.41, 5.74) is 2.21. The predicted octanol–water partition coefficient (Wildman–Crippen LogP) is 3.97. The molecule has 0 radical (unpaired) electrons. The Labute approximate surface area is 114 Å². The van der Waals surface area contributed by atoms with Crippen LogP contribution in [0, 0.1) is 5.41 Å². The van der Waals surface area contributed by atoms with Gasteiger partial charge in [0.25, 0.3) is 0 Å². The Kier molecular flexibility index (Phi) is 3.84. The van der Waals surface area contributed by atoms with Gasteiger partial charge in [0.05, 0.1) is 11.3 Å². The first-order valence-corrected chi connectivity index (χ1v) is 6.54. The van der Waals surface area contributed by atoms with Crippen molar-refractivity contribution < 1.29 is 9.63 Å². The van der Waals surface area contributed by atoms with Crippen LogP contribution in [0.25, 0.3) is 0 Å². The van der Waals surface area contributed by atoms with Crippen molar-refractivity contribution in [2.45, 2.75) is 33.1 Å². The molecule has 0 aromatic heterocycles. The van der Waals surface area contributed by atoms with E-state index in [0.717, 1.165) is 30.5 Å². The van der Waals surface area contributed by atoms with Crippen LogP contribution in [0.1, 0.15) is 43.5 Å². The molecule has 19 heavy (non-hydrogen) atoms. The number of rotatable bonds is 2. The highest BCUT2D eigenvalue weighted by atomic mass is 16.7. The second-order valence-electron chi connectivity index (χ2n) is 5.53. The molecule has 100 valence electrons. The minimum atomic E-state index is -0.428. The summed E-state index contributed by atoms with van der Waals surface area (Å²) >= 11 is 0. The van der Waals surface area contributed by atoms with E-state index < -0.39 is 5.97 Å². The van der Waals surface area contributed by atoms with Crippen molar-refractivity contribution in [2.24, 2.45) is 10.6 Å². The Morgan fingerprint density at radius 2 is 2.00 bits per heavy atom. The van der Waals surface area contributed by atoms with Gasteiger partial charge in [-0.3, -0.25) is 0 Å². The zero-order valence-corrected chi connectivity index (χ0v) is 11.5. The highest BCUT2D eigenvalue weighted by molar-refractivity contribution is 6.04. The van der Waals surface area contributed by atoms with Crippen LogP contribution in [0.2, 0.25) is 0 Å². The number of oxime groups is 1. The van der Waals surface area contributed by atoms with Gasteiger partial charge in [0, 0.05) is 5.41 Å². The van der Waals surface area contributed by atoms with Crippen molar-refractivity contribution in [3.05, 3.63) is 48.0 Å². The minimum Gasteiger partial charge on any atom is -0.313 e. The fraction of sp³-hybridized carbons (Fsp3) is 0.375. The Bertz CT molecular complexity index is 515. The predicted molar refractivity (Wildman–Crippen MR) is 76.1 cm³/mol. The minimum absolute atomic E-state index is 0.0771. The van der Waals surface area contributed by atoms with E-state index in [-0.39, 0.29) is 5.41 Å². The summed E-state index contributed by atoms with van der Waals surface area (Å²) < 4.78 is 0. The molecule has 0 spiro atoms. The molecule has 0 saturated heterocycles. The molecule has 1 aliphatic rings. The fourth-order valence-corrected chi connectivity index (χ4v) is 2.36. The Balaban J connectivity index is 2.13. The summed E-state index contributed by atoms with van der Waals surface area (Å²) in [7, 11) is 0. The molecule has 1 fully saturated rings. The maximum absolute atomic E-state index is 11.8. The van der Waals surface area contributed by atoms with Crippen molar-refractivity contribution >= 4 is 11.7 Å². The van der Waals surface area contributed by atoms with E-state index in [1.807, 2.05) is 6.07 Å². The van der Waals surface area contributed by atoms with Gasteiger partial charge in [-0.15, -0.1) is 0 Å². The molecule has 3 heteroatoms. The lowest BCUT2D eigenvalue weighted by molar-refractivity contribution is 0.0511. The third-order valence-corrected chi connectivity index (χ3v) is 3.49. The van der Waals surface area contributed by atoms with Crippen LogP contribution in [-0.2, 0) is 4.84 Å². The lowest BCUT2D eigenvalue weighted by atomic mass is 9.74. The molecule has 0 bridgehead atoms. The zero-order valence-electron chi connectivity index (χ0n) is 11.5. The first-order valence-electron chi connectivity index (χ1n) is 6.54. The molecule has 3 nitrogen and oxygen atoms in total. The molecule has 0 amide bonds. The molecule has 0 unspecified atom stereocenters. The van der Waals surface area contributed by atoms with E-state index in [0.29, 0.717) is 5.56 Å². The quantitative estimate of drug-likeness (QED) is 0.594. The second kappa shape index (κ2) is 5.39. The SMILES string of the molecule is C=C1CCCC(C)(C)C1=NOC(=O)c1ccccc1. The van der Waals surface area contributed by atoms with Gasteiger partial charge >= 0.3 is 5.97 Å². The summed E-state index contributed by atoms with van der Waals surface area (Å²) in [4.78, 5) is 16.9. The van der Waals surface area contributed by atoms with E-state index >= 15 is 0 Å². The molecular weight excluding hydrogens is 238 g/mol. The van der Waals surface area contributed by atoms with Crippen molar-refractivity contribution in [3.8, 4) is 0 Å². The molecule has 1 aliphatic carbocycles. The number of hydrogen-bond donors (Lipinski definition) is 0. The molecule has 1 saturated carbocycles. The molecule has 0 atom stereocenters. The molecular formula is C16H19NO2. The molecule has 2 rings (SSSR count). The third-order valence-electron chi connectivity index (χ3n) is 3.49. The van der Waals surface area contributed by atoms with Crippen LogP contribution in [0.3, 0.4) is 0 Å². The van der Waals surface area contributed by atoms with Gasteiger partial charge in [-0.25, -0.2) is 4.79 Å². The average molecular weight is 257 g/mol. The first-order chi connectivity index (χ1) is 9.00. The summed E-state index contributed by atoms with van der Waals surface area (Å²) in [5, 5.41) is 4.06. The number of benzene rings is 1. The van der Waals surface area contributed by atoms with Gasteiger partial charge in [-0.1, -0.05) is 43.8 Å². The lowest BCUT2D eigenvalue weighted by Gasteiger charge is -2.31. The summed E-state index contributed by atoms with van der Waals surface area (Å²) in [6.07, 6.45) is 3.07. The number of hydrogen-bond acceptors (Lipinski definition) is 3. The molecule has 0 aliphatic heterocycles. The third kappa shape index (κ3) is 3.11. The van der Waals surface area contributed by atoms with Gasteiger partial charge in [0.15, 0.2) is 0 Å². The van der Waals surface area contributed by atoms with Crippen molar-refractivity contribution in [3.63, 3.8) is 0 Å². The van der Waals surface area contributed by atoms with Crippen molar-refractivity contribution in [2.75, 3.05) is 0 Å². The van der Waals surface area contributed by atoms with Gasteiger partial charge in [-0.2, -0.15) is 0 Å². The average Bonchev–Trinajstić information content (AvgIpc) is 2.38. The number of nitrogens with zero attached hydrogens (tertiary/aromatic N) is 1. The Morgan fingerprint density at radius 1 is 1.32 bits per heavy atom. The highest BCUT2D eigenvalue weighted by Crippen LogP contribution is 2.35. The van der Waals surface area contributed by atoms with Crippen LogP contribution in [-0.4, -0.2) is 11.7 Å². The maximum atomic E-state index is 11.8. The largest absolute Gasteiger partial charge is 0.365 e. The van der Waals surface area contributed by atoms with Crippen molar-refractivity contribution in [1.82, 2.24) is 0 Å². The van der Waals surface area contributed by atoms with Crippen LogP contribution < -0.4 is 0 Å². The highest BCUT2D eigenvalue weighted by Gasteiger charge is 2.31. The van der Waals surface area contributed by atoms with Crippen molar-refractivity contribution in [1.29, 1.82) is 0 Å². The summed E-state index contributed by atoms with van der Waals surface area (Å²) in [6, 6.07) is 8.88. The van der Waals surface area contributed by atoms with Gasteiger partial charge < -0.3 is 4.84 Å². The molecule has 0 heterocycles.